The van der Waals surface area contributed by atoms with Gasteiger partial charge in [-0.25, -0.2) is 9.37 Å². The van der Waals surface area contributed by atoms with Crippen LogP contribution in [0.2, 0.25) is 0 Å². The average molecular weight is 472 g/mol. The van der Waals surface area contributed by atoms with Gasteiger partial charge in [-0.2, -0.15) is 5.26 Å². The molecule has 2 aliphatic carbocycles. The molecule has 3 aliphatic rings. The van der Waals surface area contributed by atoms with E-state index in [9.17, 15) is 9.65 Å². The van der Waals surface area contributed by atoms with Crippen LogP contribution in [-0.2, 0) is 0 Å². The van der Waals surface area contributed by atoms with Crippen LogP contribution in [0.15, 0.2) is 23.4 Å². The van der Waals surface area contributed by atoms with Gasteiger partial charge in [0, 0.05) is 11.1 Å². The van der Waals surface area contributed by atoms with Gasteiger partial charge < -0.3 is 5.32 Å². The Kier molecular flexibility index (Phi) is 5.78. The first-order chi connectivity index (χ1) is 15.5. The Morgan fingerprint density at radius 2 is 2.06 bits per heavy atom. The van der Waals surface area contributed by atoms with Gasteiger partial charge in [0.15, 0.2) is 0 Å². The van der Waals surface area contributed by atoms with Gasteiger partial charge in [0.25, 0.3) is 0 Å². The molecule has 168 valence electrons. The number of fused-ring (bicyclic) bond motifs is 1. The summed E-state index contributed by atoms with van der Waals surface area (Å²) in [6.07, 6.45) is 8.77. The molecule has 0 atom stereocenters. The van der Waals surface area contributed by atoms with Crippen molar-refractivity contribution < 1.29 is 4.39 Å². The van der Waals surface area contributed by atoms with Crippen molar-refractivity contribution in [3.63, 3.8) is 0 Å². The molecule has 3 fully saturated rings. The van der Waals surface area contributed by atoms with Crippen LogP contribution in [0, 0.1) is 27.6 Å². The lowest BCUT2D eigenvalue weighted by Gasteiger charge is -2.24. The van der Waals surface area contributed by atoms with E-state index in [4.69, 9.17) is 10.8 Å². The van der Waals surface area contributed by atoms with Crippen molar-refractivity contribution in [1.29, 1.82) is 16.1 Å². The summed E-state index contributed by atoms with van der Waals surface area (Å²) in [4.78, 5) is 5.63. The number of piperidine rings is 1. The Morgan fingerprint density at radius 1 is 1.31 bits per heavy atom. The lowest BCUT2D eigenvalue weighted by molar-refractivity contribution is 0.402. The van der Waals surface area contributed by atoms with Crippen molar-refractivity contribution in [2.24, 2.45) is 5.41 Å². The molecule has 0 spiro atoms. The zero-order valence-electron chi connectivity index (χ0n) is 17.7. The van der Waals surface area contributed by atoms with E-state index in [1.807, 2.05) is 10.6 Å². The lowest BCUT2D eigenvalue weighted by atomic mass is 9.91. The van der Waals surface area contributed by atoms with Gasteiger partial charge in [-0.15, -0.1) is 0 Å². The van der Waals surface area contributed by atoms with Crippen LogP contribution in [0.5, 0.6) is 0 Å². The van der Waals surface area contributed by atoms with Crippen LogP contribution in [0.25, 0.3) is 5.65 Å². The second kappa shape index (κ2) is 8.45. The van der Waals surface area contributed by atoms with Gasteiger partial charge in [0.2, 0.25) is 0 Å². The molecule has 5 rings (SSSR count). The molecule has 3 heterocycles. The van der Waals surface area contributed by atoms with Crippen molar-refractivity contribution in [2.75, 3.05) is 19.8 Å². The number of thioether (sulfide) groups is 1. The summed E-state index contributed by atoms with van der Waals surface area (Å²) in [5, 5.41) is 30.2. The highest BCUT2D eigenvalue weighted by atomic mass is 32.2. The molecule has 1 saturated heterocycles. The number of hydrogen-bond donors (Lipinski definition) is 4. The number of aromatic nitrogens is 2. The van der Waals surface area contributed by atoms with E-state index in [1.54, 1.807) is 6.20 Å². The van der Waals surface area contributed by atoms with Crippen molar-refractivity contribution in [1.82, 2.24) is 19.4 Å². The third kappa shape index (κ3) is 4.07. The van der Waals surface area contributed by atoms with Crippen molar-refractivity contribution in [3.05, 3.63) is 29.7 Å². The number of hydrogen-bond acceptors (Lipinski definition) is 8. The van der Waals surface area contributed by atoms with Gasteiger partial charge in [-0.05, 0) is 81.1 Å². The van der Waals surface area contributed by atoms with Gasteiger partial charge in [-0.3, -0.25) is 19.9 Å². The van der Waals surface area contributed by atoms with Crippen molar-refractivity contribution in [2.45, 2.75) is 54.9 Å². The molecule has 0 amide bonds. The van der Waals surface area contributed by atoms with E-state index >= 15 is 0 Å². The Bertz CT molecular complexity index is 1110. The zero-order chi connectivity index (χ0) is 22.3. The maximum atomic E-state index is 13.4. The summed E-state index contributed by atoms with van der Waals surface area (Å²) in [6, 6.07) is 4.39. The molecular weight excluding hydrogens is 445 g/mol. The van der Waals surface area contributed by atoms with Crippen molar-refractivity contribution >= 4 is 39.4 Å². The maximum Gasteiger partial charge on any atom is 0.140 e. The topological polar surface area (TPSA) is 113 Å². The molecule has 0 radical (unpaired) electrons. The van der Waals surface area contributed by atoms with E-state index in [2.05, 4.69) is 27.2 Å². The zero-order valence-corrected chi connectivity index (χ0v) is 19.3. The van der Waals surface area contributed by atoms with Crippen LogP contribution in [0.4, 0.5) is 4.39 Å². The summed E-state index contributed by atoms with van der Waals surface area (Å²) in [7, 11) is 0. The van der Waals surface area contributed by atoms with Gasteiger partial charge in [-0.1, -0.05) is 11.8 Å². The third-order valence-electron chi connectivity index (χ3n) is 6.72. The predicted octanol–water partition coefficient (Wildman–Crippen LogP) is 4.24. The predicted molar refractivity (Wildman–Crippen MR) is 126 cm³/mol. The van der Waals surface area contributed by atoms with Gasteiger partial charge in [0.1, 0.15) is 22.8 Å². The minimum atomic E-state index is -0.701. The lowest BCUT2D eigenvalue weighted by Crippen LogP contribution is -2.28. The summed E-state index contributed by atoms with van der Waals surface area (Å²) >= 11 is 2.49. The summed E-state index contributed by atoms with van der Waals surface area (Å²) in [5.74, 6) is 0.374. The summed E-state index contributed by atoms with van der Waals surface area (Å²) in [5.41, 5.74) is 1.50. The van der Waals surface area contributed by atoms with E-state index in [-0.39, 0.29) is 16.8 Å². The number of rotatable bonds is 7. The second-order valence-electron chi connectivity index (χ2n) is 9.06. The Labute approximate surface area is 195 Å². The standard InChI is InChI=1S/C22H26FN7S2/c23-12-22(5-6-22)29-32-15-9-16(14-1-7-27-8-2-14)19-28-10-17(30(19)11-15)18(25)31-20(26)21(13-24)3-4-21/h9-11,14,25-27,29H,1-8,12H2. The molecule has 2 aromatic heterocycles. The molecule has 2 saturated carbocycles. The van der Waals surface area contributed by atoms with Crippen LogP contribution in [-0.4, -0.2) is 44.8 Å². The highest BCUT2D eigenvalue weighted by Crippen LogP contribution is 2.49. The normalized spacial score (nSPS) is 21.2. The molecule has 0 unspecified atom stereocenters. The van der Waals surface area contributed by atoms with Gasteiger partial charge in [0.05, 0.1) is 28.5 Å². The first-order valence-electron chi connectivity index (χ1n) is 11.0. The largest absolute Gasteiger partial charge is 0.317 e. The van der Waals surface area contributed by atoms with E-state index in [0.29, 0.717) is 24.5 Å². The number of nitriles is 1. The van der Waals surface area contributed by atoms with Crippen LogP contribution >= 0.6 is 23.7 Å². The third-order valence-corrected chi connectivity index (χ3v) is 8.72. The average Bonchev–Trinajstić information content (AvgIpc) is 3.74. The molecule has 2 aromatic rings. The van der Waals surface area contributed by atoms with Crippen LogP contribution < -0.4 is 10.0 Å². The fraction of sp³-hybridized carbons (Fsp3) is 0.545. The molecule has 1 aliphatic heterocycles. The molecule has 0 bridgehead atoms. The molecule has 4 N–H and O–H groups in total. The minimum absolute atomic E-state index is 0.220. The Morgan fingerprint density at radius 3 is 2.69 bits per heavy atom. The highest BCUT2D eigenvalue weighted by Gasteiger charge is 2.48. The molecule has 7 nitrogen and oxygen atoms in total. The first-order valence-corrected chi connectivity index (χ1v) is 12.6. The van der Waals surface area contributed by atoms with Crippen molar-refractivity contribution in [3.8, 4) is 6.07 Å². The number of pyridine rings is 1. The fourth-order valence-electron chi connectivity index (χ4n) is 4.09. The number of halogens is 1. The Balaban J connectivity index is 1.47. The minimum Gasteiger partial charge on any atom is -0.317 e. The van der Waals surface area contributed by atoms with E-state index in [0.717, 1.165) is 66.6 Å². The van der Waals surface area contributed by atoms with Crippen LogP contribution in [0.3, 0.4) is 0 Å². The maximum absolute atomic E-state index is 13.4. The smallest absolute Gasteiger partial charge is 0.140 e. The molecule has 10 heteroatoms. The number of nitrogens with one attached hydrogen (secondary N) is 4. The van der Waals surface area contributed by atoms with Crippen LogP contribution in [0.1, 0.15) is 55.7 Å². The fourth-order valence-corrected chi connectivity index (χ4v) is 5.93. The summed E-state index contributed by atoms with van der Waals surface area (Å²) in [6.45, 7) is 1.55. The summed E-state index contributed by atoms with van der Waals surface area (Å²) < 4.78 is 18.6. The SMILES string of the molecule is N#CC1(C(=N)SC(=N)c2cnc3c(C4CCNCC4)cc(SNC4(CF)CC4)cn23)CC1. The van der Waals surface area contributed by atoms with Gasteiger partial charge >= 0.3 is 0 Å². The molecule has 32 heavy (non-hydrogen) atoms. The Hall–Kier alpha value is -1.93. The quantitative estimate of drug-likeness (QED) is 0.273. The monoisotopic (exact) mass is 471 g/mol. The van der Waals surface area contributed by atoms with E-state index in [1.165, 1.54) is 11.9 Å². The number of imidazole rings is 1. The number of alkyl halides is 1. The molecule has 0 aromatic carbocycles. The molecular formula is C22H26FN7S2. The first kappa shape index (κ1) is 21.9. The van der Waals surface area contributed by atoms with E-state index < -0.39 is 11.0 Å². The number of nitrogens with zero attached hydrogens (tertiary/aromatic N) is 3. The highest BCUT2D eigenvalue weighted by molar-refractivity contribution is 8.26. The second-order valence-corrected chi connectivity index (χ2v) is 11.0.